The molecule has 1 aromatic rings. The smallest absolute Gasteiger partial charge is 0.315 e. The van der Waals surface area contributed by atoms with Crippen LogP contribution in [0.2, 0.25) is 5.02 Å². The van der Waals surface area contributed by atoms with E-state index in [1.807, 2.05) is 31.2 Å². The van der Waals surface area contributed by atoms with Gasteiger partial charge in [-0.25, -0.2) is 4.79 Å². The fourth-order valence-electron chi connectivity index (χ4n) is 1.48. The van der Waals surface area contributed by atoms with Crippen LogP contribution in [-0.2, 0) is 6.42 Å². The molecule has 0 saturated heterocycles. The lowest BCUT2D eigenvalue weighted by molar-refractivity contribution is 0.214. The predicted molar refractivity (Wildman–Crippen MR) is 72.9 cm³/mol. The van der Waals surface area contributed by atoms with Crippen LogP contribution in [-0.4, -0.2) is 30.3 Å². The van der Waals surface area contributed by atoms with Gasteiger partial charge >= 0.3 is 6.03 Å². The number of urea groups is 1. The first-order valence-corrected chi connectivity index (χ1v) is 6.43. The summed E-state index contributed by atoms with van der Waals surface area (Å²) in [6.45, 7) is 2.42. The van der Waals surface area contributed by atoms with Crippen molar-refractivity contribution in [1.82, 2.24) is 10.6 Å². The molecule has 0 aliphatic carbocycles. The zero-order chi connectivity index (χ0) is 13.4. The second kappa shape index (κ2) is 7.95. The van der Waals surface area contributed by atoms with E-state index in [-0.39, 0.29) is 18.7 Å². The summed E-state index contributed by atoms with van der Waals surface area (Å²) in [5.74, 6) is 0. The van der Waals surface area contributed by atoms with Gasteiger partial charge in [-0.2, -0.15) is 0 Å². The molecule has 4 nitrogen and oxygen atoms in total. The highest BCUT2D eigenvalue weighted by molar-refractivity contribution is 6.30. The Morgan fingerprint density at radius 3 is 2.61 bits per heavy atom. The summed E-state index contributed by atoms with van der Waals surface area (Å²) in [5.41, 5.74) is 1.12. The molecular weight excluding hydrogens is 252 g/mol. The molecule has 0 fully saturated rings. The number of hydrogen-bond donors (Lipinski definition) is 3. The van der Waals surface area contributed by atoms with Crippen molar-refractivity contribution in [2.75, 3.05) is 13.2 Å². The molecule has 5 heteroatoms. The first kappa shape index (κ1) is 14.8. The third-order valence-electron chi connectivity index (χ3n) is 2.66. The number of carbonyl (C=O) groups excluding carboxylic acids is 1. The maximum atomic E-state index is 11.5. The summed E-state index contributed by atoms with van der Waals surface area (Å²) in [5, 5.41) is 15.1. The first-order chi connectivity index (χ1) is 8.65. The van der Waals surface area contributed by atoms with E-state index >= 15 is 0 Å². The Balaban J connectivity index is 2.25. The number of aliphatic hydroxyl groups is 1. The van der Waals surface area contributed by atoms with Crippen molar-refractivity contribution < 1.29 is 9.90 Å². The van der Waals surface area contributed by atoms with Crippen molar-refractivity contribution in [3.63, 3.8) is 0 Å². The zero-order valence-electron chi connectivity index (χ0n) is 10.4. The van der Waals surface area contributed by atoms with Crippen LogP contribution in [0.4, 0.5) is 4.79 Å². The molecule has 1 aromatic carbocycles. The van der Waals surface area contributed by atoms with Crippen LogP contribution in [0.3, 0.4) is 0 Å². The fourth-order valence-corrected chi connectivity index (χ4v) is 1.61. The van der Waals surface area contributed by atoms with Crippen LogP contribution in [0, 0.1) is 0 Å². The third kappa shape index (κ3) is 5.38. The number of nitrogens with one attached hydrogen (secondary N) is 2. The van der Waals surface area contributed by atoms with Crippen LogP contribution in [0.5, 0.6) is 0 Å². The summed E-state index contributed by atoms with van der Waals surface area (Å²) < 4.78 is 0. The third-order valence-corrected chi connectivity index (χ3v) is 2.91. The number of benzene rings is 1. The van der Waals surface area contributed by atoms with Gasteiger partial charge in [-0.15, -0.1) is 0 Å². The average molecular weight is 271 g/mol. The van der Waals surface area contributed by atoms with Crippen molar-refractivity contribution in [3.8, 4) is 0 Å². The Bertz CT molecular complexity index is 364. The predicted octanol–water partition coefficient (Wildman–Crippen LogP) is 1.95. The molecule has 1 unspecified atom stereocenters. The number of amides is 2. The number of hydrogen-bond acceptors (Lipinski definition) is 2. The molecule has 0 aliphatic heterocycles. The second-order valence-corrected chi connectivity index (χ2v) is 4.50. The van der Waals surface area contributed by atoms with Crippen molar-refractivity contribution in [3.05, 3.63) is 34.9 Å². The van der Waals surface area contributed by atoms with Crippen molar-refractivity contribution in [2.24, 2.45) is 0 Å². The quantitative estimate of drug-likeness (QED) is 0.740. The number of halogens is 1. The molecule has 0 aliphatic rings. The molecule has 100 valence electrons. The highest BCUT2D eigenvalue weighted by Crippen LogP contribution is 2.09. The molecule has 0 radical (unpaired) electrons. The average Bonchev–Trinajstić information content (AvgIpc) is 2.38. The van der Waals surface area contributed by atoms with Crippen molar-refractivity contribution >= 4 is 17.6 Å². The molecule has 0 aromatic heterocycles. The molecule has 1 rings (SSSR count). The molecule has 3 N–H and O–H groups in total. The normalized spacial score (nSPS) is 11.9. The number of aliphatic hydroxyl groups excluding tert-OH is 1. The fraction of sp³-hybridized carbons (Fsp3) is 0.462. The lowest BCUT2D eigenvalue weighted by Crippen LogP contribution is -2.44. The van der Waals surface area contributed by atoms with Gasteiger partial charge in [0.1, 0.15) is 0 Å². The molecular formula is C13H19ClN2O2. The van der Waals surface area contributed by atoms with Gasteiger partial charge in [0, 0.05) is 11.6 Å². The van der Waals surface area contributed by atoms with Gasteiger partial charge in [0.05, 0.1) is 12.6 Å². The van der Waals surface area contributed by atoms with Crippen LogP contribution in [0.1, 0.15) is 18.9 Å². The Labute approximate surface area is 112 Å². The summed E-state index contributed by atoms with van der Waals surface area (Å²) in [6, 6.07) is 7.10. The summed E-state index contributed by atoms with van der Waals surface area (Å²) in [7, 11) is 0. The van der Waals surface area contributed by atoms with Gasteiger partial charge in [-0.3, -0.25) is 0 Å². The molecule has 0 bridgehead atoms. The lowest BCUT2D eigenvalue weighted by atomic mass is 10.1. The maximum Gasteiger partial charge on any atom is 0.315 e. The Kier molecular flexibility index (Phi) is 6.54. The van der Waals surface area contributed by atoms with E-state index in [0.29, 0.717) is 18.0 Å². The monoisotopic (exact) mass is 270 g/mol. The molecule has 2 amide bonds. The van der Waals surface area contributed by atoms with Gasteiger partial charge in [-0.1, -0.05) is 30.7 Å². The summed E-state index contributed by atoms with van der Waals surface area (Å²) in [4.78, 5) is 11.5. The Morgan fingerprint density at radius 1 is 1.39 bits per heavy atom. The second-order valence-electron chi connectivity index (χ2n) is 4.06. The van der Waals surface area contributed by atoms with Crippen LogP contribution in [0.15, 0.2) is 24.3 Å². The zero-order valence-corrected chi connectivity index (χ0v) is 11.2. The minimum atomic E-state index is -0.245. The topological polar surface area (TPSA) is 61.4 Å². The SMILES string of the molecule is CCC(CO)NC(=O)NCCc1ccc(Cl)cc1. The summed E-state index contributed by atoms with van der Waals surface area (Å²) >= 11 is 5.78. The minimum absolute atomic E-state index is 0.0406. The van der Waals surface area contributed by atoms with Crippen LogP contribution >= 0.6 is 11.6 Å². The van der Waals surface area contributed by atoms with Crippen LogP contribution in [0.25, 0.3) is 0 Å². The van der Waals surface area contributed by atoms with E-state index in [9.17, 15) is 4.79 Å². The van der Waals surface area contributed by atoms with Gasteiger partial charge in [-0.05, 0) is 30.5 Å². The standard InChI is InChI=1S/C13H19ClN2O2/c1-2-12(9-17)16-13(18)15-8-7-10-3-5-11(14)6-4-10/h3-6,12,17H,2,7-9H2,1H3,(H2,15,16,18). The van der Waals surface area contributed by atoms with E-state index in [1.54, 1.807) is 0 Å². The molecule has 1 atom stereocenters. The van der Waals surface area contributed by atoms with E-state index in [0.717, 1.165) is 12.0 Å². The molecule has 0 spiro atoms. The van der Waals surface area contributed by atoms with Gasteiger partial charge < -0.3 is 15.7 Å². The number of rotatable bonds is 6. The van der Waals surface area contributed by atoms with Gasteiger partial charge in [0.2, 0.25) is 0 Å². The Morgan fingerprint density at radius 2 is 2.06 bits per heavy atom. The maximum absolute atomic E-state index is 11.5. The van der Waals surface area contributed by atoms with E-state index in [1.165, 1.54) is 0 Å². The highest BCUT2D eigenvalue weighted by Gasteiger charge is 2.07. The van der Waals surface area contributed by atoms with Gasteiger partial charge in [0.25, 0.3) is 0 Å². The van der Waals surface area contributed by atoms with Gasteiger partial charge in [0.15, 0.2) is 0 Å². The summed E-state index contributed by atoms with van der Waals surface area (Å²) in [6.07, 6.45) is 1.46. The molecule has 18 heavy (non-hydrogen) atoms. The number of carbonyl (C=O) groups is 1. The van der Waals surface area contributed by atoms with Crippen LogP contribution < -0.4 is 10.6 Å². The van der Waals surface area contributed by atoms with Crippen molar-refractivity contribution in [2.45, 2.75) is 25.8 Å². The minimum Gasteiger partial charge on any atom is -0.394 e. The van der Waals surface area contributed by atoms with E-state index in [4.69, 9.17) is 16.7 Å². The largest absolute Gasteiger partial charge is 0.394 e. The molecule has 0 saturated carbocycles. The van der Waals surface area contributed by atoms with Crippen molar-refractivity contribution in [1.29, 1.82) is 0 Å². The molecule has 0 heterocycles. The lowest BCUT2D eigenvalue weighted by Gasteiger charge is -2.14. The Hall–Kier alpha value is -1.26. The van der Waals surface area contributed by atoms with E-state index in [2.05, 4.69) is 10.6 Å². The first-order valence-electron chi connectivity index (χ1n) is 6.05. The highest BCUT2D eigenvalue weighted by atomic mass is 35.5. The van der Waals surface area contributed by atoms with E-state index < -0.39 is 0 Å².